The molecule has 0 saturated heterocycles. The number of nitrogens with zero attached hydrogens (tertiary/aromatic N) is 2. The maximum absolute atomic E-state index is 10.7. The van der Waals surface area contributed by atoms with Gasteiger partial charge in [-0.2, -0.15) is 0 Å². The number of hydrogen-bond acceptors (Lipinski definition) is 5. The molecule has 6 heteroatoms. The molecule has 0 radical (unpaired) electrons. The summed E-state index contributed by atoms with van der Waals surface area (Å²) in [5.41, 5.74) is -0.0202. The monoisotopic (exact) mass is 253 g/mol. The molecule has 1 aromatic heterocycles. The largest absolute Gasteiger partial charge is 0.477 e. The normalized spacial score (nSPS) is 10.6. The first kappa shape index (κ1) is 14.4. The molecule has 0 saturated carbocycles. The van der Waals surface area contributed by atoms with Crippen LogP contribution in [0.3, 0.4) is 0 Å². The SMILES string of the molecule is CC(C)CCOCCNc1nccc(C(=O)O)n1. The van der Waals surface area contributed by atoms with Crippen LogP contribution in [0.2, 0.25) is 0 Å². The van der Waals surface area contributed by atoms with E-state index in [1.54, 1.807) is 0 Å². The van der Waals surface area contributed by atoms with Gasteiger partial charge >= 0.3 is 5.97 Å². The number of aromatic nitrogens is 2. The van der Waals surface area contributed by atoms with Gasteiger partial charge in [0.25, 0.3) is 0 Å². The molecule has 1 aromatic rings. The molecule has 0 fully saturated rings. The summed E-state index contributed by atoms with van der Waals surface area (Å²) in [7, 11) is 0. The summed E-state index contributed by atoms with van der Waals surface area (Å²) in [5.74, 6) is -0.121. The molecule has 1 rings (SSSR count). The quantitative estimate of drug-likeness (QED) is 0.685. The van der Waals surface area contributed by atoms with Crippen molar-refractivity contribution in [2.24, 2.45) is 5.92 Å². The molecule has 2 N–H and O–H groups in total. The van der Waals surface area contributed by atoms with Crippen molar-refractivity contribution in [2.75, 3.05) is 25.1 Å². The van der Waals surface area contributed by atoms with Crippen LogP contribution in [0.25, 0.3) is 0 Å². The van der Waals surface area contributed by atoms with Crippen molar-refractivity contribution in [3.63, 3.8) is 0 Å². The van der Waals surface area contributed by atoms with Crippen molar-refractivity contribution in [3.8, 4) is 0 Å². The number of anilines is 1. The average Bonchev–Trinajstić information content (AvgIpc) is 2.33. The van der Waals surface area contributed by atoms with Gasteiger partial charge in [-0.15, -0.1) is 0 Å². The van der Waals surface area contributed by atoms with E-state index in [4.69, 9.17) is 9.84 Å². The van der Waals surface area contributed by atoms with Crippen molar-refractivity contribution < 1.29 is 14.6 Å². The fourth-order valence-electron chi connectivity index (χ4n) is 1.22. The first-order valence-corrected chi connectivity index (χ1v) is 5.97. The summed E-state index contributed by atoms with van der Waals surface area (Å²) in [6.07, 6.45) is 2.45. The van der Waals surface area contributed by atoms with Crippen molar-refractivity contribution in [3.05, 3.63) is 18.0 Å². The van der Waals surface area contributed by atoms with Gasteiger partial charge in [-0.05, 0) is 18.4 Å². The molecule has 0 bridgehead atoms. The molecule has 1 heterocycles. The van der Waals surface area contributed by atoms with Gasteiger partial charge in [0.2, 0.25) is 5.95 Å². The first-order valence-electron chi connectivity index (χ1n) is 5.97. The third-order valence-electron chi connectivity index (χ3n) is 2.24. The lowest BCUT2D eigenvalue weighted by Crippen LogP contribution is -2.13. The Morgan fingerprint density at radius 3 is 2.94 bits per heavy atom. The third-order valence-corrected chi connectivity index (χ3v) is 2.24. The molecule has 0 spiro atoms. The maximum atomic E-state index is 10.7. The highest BCUT2D eigenvalue weighted by Gasteiger charge is 2.05. The van der Waals surface area contributed by atoms with E-state index in [0.717, 1.165) is 13.0 Å². The van der Waals surface area contributed by atoms with Gasteiger partial charge in [-0.3, -0.25) is 0 Å². The zero-order chi connectivity index (χ0) is 13.4. The van der Waals surface area contributed by atoms with Crippen LogP contribution < -0.4 is 5.32 Å². The molecular weight excluding hydrogens is 234 g/mol. The van der Waals surface area contributed by atoms with E-state index in [-0.39, 0.29) is 5.69 Å². The molecule has 0 aromatic carbocycles. The minimum Gasteiger partial charge on any atom is -0.477 e. The van der Waals surface area contributed by atoms with Crippen LogP contribution in [-0.4, -0.2) is 40.8 Å². The minimum atomic E-state index is -1.06. The van der Waals surface area contributed by atoms with Crippen LogP contribution in [0.5, 0.6) is 0 Å². The van der Waals surface area contributed by atoms with E-state index in [1.165, 1.54) is 12.3 Å². The van der Waals surface area contributed by atoms with Crippen molar-refractivity contribution in [2.45, 2.75) is 20.3 Å². The Hall–Kier alpha value is -1.69. The number of aromatic carboxylic acids is 1. The Balaban J connectivity index is 2.23. The van der Waals surface area contributed by atoms with Gasteiger partial charge in [-0.1, -0.05) is 13.8 Å². The second kappa shape index (κ2) is 7.60. The van der Waals surface area contributed by atoms with E-state index in [1.807, 2.05) is 0 Å². The molecule has 0 aliphatic carbocycles. The van der Waals surface area contributed by atoms with Crippen LogP contribution in [0.4, 0.5) is 5.95 Å². The van der Waals surface area contributed by atoms with E-state index in [9.17, 15) is 4.79 Å². The zero-order valence-corrected chi connectivity index (χ0v) is 10.7. The maximum Gasteiger partial charge on any atom is 0.354 e. The number of rotatable bonds is 8. The Morgan fingerprint density at radius 2 is 2.28 bits per heavy atom. The van der Waals surface area contributed by atoms with Crippen LogP contribution in [0.15, 0.2) is 12.3 Å². The molecule has 6 nitrogen and oxygen atoms in total. The molecule has 0 aliphatic rings. The minimum absolute atomic E-state index is 0.0202. The predicted molar refractivity (Wildman–Crippen MR) is 67.8 cm³/mol. The summed E-state index contributed by atoms with van der Waals surface area (Å²) < 4.78 is 5.41. The van der Waals surface area contributed by atoms with Gasteiger partial charge in [0.1, 0.15) is 0 Å². The van der Waals surface area contributed by atoms with Gasteiger partial charge < -0.3 is 15.2 Å². The molecular formula is C12H19N3O3. The highest BCUT2D eigenvalue weighted by atomic mass is 16.5. The lowest BCUT2D eigenvalue weighted by atomic mass is 10.1. The molecule has 0 aliphatic heterocycles. The average molecular weight is 253 g/mol. The van der Waals surface area contributed by atoms with Crippen LogP contribution >= 0.6 is 0 Å². The third kappa shape index (κ3) is 5.58. The number of nitrogens with one attached hydrogen (secondary N) is 1. The summed E-state index contributed by atoms with van der Waals surface area (Å²) >= 11 is 0. The van der Waals surface area contributed by atoms with Crippen LogP contribution in [0.1, 0.15) is 30.8 Å². The van der Waals surface area contributed by atoms with Crippen LogP contribution in [0, 0.1) is 5.92 Å². The molecule has 0 atom stereocenters. The van der Waals surface area contributed by atoms with Gasteiger partial charge in [0.15, 0.2) is 5.69 Å². The molecule has 18 heavy (non-hydrogen) atoms. The summed E-state index contributed by atoms with van der Waals surface area (Å²) in [6, 6.07) is 1.35. The number of carboxylic acids is 1. The Labute approximate surface area is 106 Å². The number of ether oxygens (including phenoxy) is 1. The number of carboxylic acid groups (broad SMARTS) is 1. The Kier molecular flexibility index (Phi) is 6.07. The molecule has 100 valence electrons. The lowest BCUT2D eigenvalue weighted by Gasteiger charge is -2.07. The summed E-state index contributed by atoms with van der Waals surface area (Å²) in [6.45, 7) is 6.13. The van der Waals surface area contributed by atoms with Crippen LogP contribution in [-0.2, 0) is 4.74 Å². The topological polar surface area (TPSA) is 84.3 Å². The second-order valence-electron chi connectivity index (χ2n) is 4.29. The smallest absolute Gasteiger partial charge is 0.354 e. The first-order chi connectivity index (χ1) is 8.59. The van der Waals surface area contributed by atoms with Crippen molar-refractivity contribution in [1.82, 2.24) is 9.97 Å². The lowest BCUT2D eigenvalue weighted by molar-refractivity contribution is 0.0690. The summed E-state index contributed by atoms with van der Waals surface area (Å²) in [5, 5.41) is 11.7. The fourth-order valence-corrected chi connectivity index (χ4v) is 1.22. The predicted octanol–water partition coefficient (Wildman–Crippen LogP) is 1.65. The van der Waals surface area contributed by atoms with E-state index in [0.29, 0.717) is 25.0 Å². The van der Waals surface area contributed by atoms with Gasteiger partial charge in [0.05, 0.1) is 6.61 Å². The number of hydrogen-bond donors (Lipinski definition) is 2. The fraction of sp³-hybridized carbons (Fsp3) is 0.583. The zero-order valence-electron chi connectivity index (χ0n) is 10.7. The second-order valence-corrected chi connectivity index (χ2v) is 4.29. The molecule has 0 amide bonds. The van der Waals surface area contributed by atoms with Gasteiger partial charge in [0, 0.05) is 19.3 Å². The number of carbonyl (C=O) groups is 1. The Morgan fingerprint density at radius 1 is 1.50 bits per heavy atom. The standard InChI is InChI=1S/C12H19N3O3/c1-9(2)4-7-18-8-6-14-12-13-5-3-10(15-12)11(16)17/h3,5,9H,4,6-8H2,1-2H3,(H,16,17)(H,13,14,15). The highest BCUT2D eigenvalue weighted by Crippen LogP contribution is 2.01. The molecule has 0 unspecified atom stereocenters. The van der Waals surface area contributed by atoms with Crippen molar-refractivity contribution in [1.29, 1.82) is 0 Å². The Bertz CT molecular complexity index is 383. The van der Waals surface area contributed by atoms with E-state index < -0.39 is 5.97 Å². The van der Waals surface area contributed by atoms with E-state index >= 15 is 0 Å². The highest BCUT2D eigenvalue weighted by molar-refractivity contribution is 5.85. The van der Waals surface area contributed by atoms with E-state index in [2.05, 4.69) is 29.1 Å². The van der Waals surface area contributed by atoms with Crippen molar-refractivity contribution >= 4 is 11.9 Å². The van der Waals surface area contributed by atoms with Gasteiger partial charge in [-0.25, -0.2) is 14.8 Å². The summed E-state index contributed by atoms with van der Waals surface area (Å²) in [4.78, 5) is 18.5.